The van der Waals surface area contributed by atoms with Crippen LogP contribution in [0.4, 0.5) is 0 Å². The van der Waals surface area contributed by atoms with E-state index in [2.05, 4.69) is 22.3 Å². The van der Waals surface area contributed by atoms with E-state index < -0.39 is 0 Å². The summed E-state index contributed by atoms with van der Waals surface area (Å²) in [5.74, 6) is 0. The normalized spacial score (nSPS) is 25.5. The van der Waals surface area contributed by atoms with E-state index in [9.17, 15) is 0 Å². The Morgan fingerprint density at radius 3 is 3.11 bits per heavy atom. The smallest absolute Gasteiger partial charge is 0.0441 e. The minimum Gasteiger partial charge on any atom is -0.315 e. The lowest BCUT2D eigenvalue weighted by molar-refractivity contribution is 0.191. The molecule has 2 nitrogen and oxygen atoms in total. The molecule has 0 amide bonds. The summed E-state index contributed by atoms with van der Waals surface area (Å²) in [6, 6.07) is 7.04. The molecule has 0 bridgehead atoms. The van der Waals surface area contributed by atoms with Crippen molar-refractivity contribution >= 4 is 11.6 Å². The molecular formula is C15H21ClN2. The highest BCUT2D eigenvalue weighted by Gasteiger charge is 2.25. The molecule has 3 heteroatoms. The highest BCUT2D eigenvalue weighted by atomic mass is 35.5. The van der Waals surface area contributed by atoms with Crippen LogP contribution in [-0.2, 0) is 12.8 Å². The molecule has 1 aromatic carbocycles. The Balaban J connectivity index is 1.75. The van der Waals surface area contributed by atoms with Crippen molar-refractivity contribution in [1.82, 2.24) is 10.2 Å². The number of benzene rings is 1. The summed E-state index contributed by atoms with van der Waals surface area (Å²) in [4.78, 5) is 2.66. The first kappa shape index (κ1) is 12.5. The third-order valence-corrected chi connectivity index (χ3v) is 4.65. The molecule has 1 N–H and O–H groups in total. The van der Waals surface area contributed by atoms with Gasteiger partial charge >= 0.3 is 0 Å². The van der Waals surface area contributed by atoms with E-state index in [0.29, 0.717) is 6.04 Å². The fourth-order valence-corrected chi connectivity index (χ4v) is 3.54. The number of rotatable bonds is 1. The van der Waals surface area contributed by atoms with Crippen molar-refractivity contribution in [3.05, 3.63) is 34.3 Å². The van der Waals surface area contributed by atoms with Crippen LogP contribution in [0.3, 0.4) is 0 Å². The lowest BCUT2D eigenvalue weighted by atomic mass is 9.87. The predicted molar refractivity (Wildman–Crippen MR) is 76.3 cm³/mol. The molecule has 98 valence electrons. The fraction of sp³-hybridized carbons (Fsp3) is 0.600. The van der Waals surface area contributed by atoms with E-state index in [1.54, 1.807) is 0 Å². The summed E-state index contributed by atoms with van der Waals surface area (Å²) in [7, 11) is 0. The van der Waals surface area contributed by atoms with E-state index in [4.69, 9.17) is 11.6 Å². The number of hydrogen-bond acceptors (Lipinski definition) is 2. The van der Waals surface area contributed by atoms with Gasteiger partial charge in [-0.25, -0.2) is 0 Å². The van der Waals surface area contributed by atoms with Crippen LogP contribution in [0, 0.1) is 0 Å². The summed E-state index contributed by atoms with van der Waals surface area (Å²) >= 11 is 6.35. The lowest BCUT2D eigenvalue weighted by Gasteiger charge is -2.34. The molecule has 18 heavy (non-hydrogen) atoms. The van der Waals surface area contributed by atoms with E-state index >= 15 is 0 Å². The number of fused-ring (bicyclic) bond motifs is 1. The van der Waals surface area contributed by atoms with Crippen LogP contribution in [-0.4, -0.2) is 37.1 Å². The Kier molecular flexibility index (Phi) is 3.88. The van der Waals surface area contributed by atoms with E-state index in [0.717, 1.165) is 18.0 Å². The van der Waals surface area contributed by atoms with Crippen molar-refractivity contribution in [2.45, 2.75) is 31.7 Å². The highest BCUT2D eigenvalue weighted by molar-refractivity contribution is 6.31. The average Bonchev–Trinajstić information content (AvgIpc) is 2.68. The van der Waals surface area contributed by atoms with Gasteiger partial charge in [0.1, 0.15) is 0 Å². The molecule has 3 rings (SSSR count). The first-order valence-corrected chi connectivity index (χ1v) is 7.43. The van der Waals surface area contributed by atoms with Crippen molar-refractivity contribution in [3.63, 3.8) is 0 Å². The number of hydrogen-bond donors (Lipinski definition) is 1. The van der Waals surface area contributed by atoms with Gasteiger partial charge in [-0.2, -0.15) is 0 Å². The number of nitrogens with one attached hydrogen (secondary N) is 1. The zero-order valence-electron chi connectivity index (χ0n) is 10.8. The first-order valence-electron chi connectivity index (χ1n) is 7.05. The SMILES string of the molecule is Clc1cccc2c1C[C@@H](N1CCCNCC1)CC2. The lowest BCUT2D eigenvalue weighted by Crippen LogP contribution is -2.41. The standard InChI is InChI=1S/C15H21ClN2/c16-15-4-1-3-12-5-6-13(11-14(12)15)18-9-2-7-17-8-10-18/h1,3-4,13,17H,2,5-11H2/t13-/m0/s1. The third kappa shape index (κ3) is 2.56. The van der Waals surface area contributed by atoms with Crippen LogP contribution in [0.25, 0.3) is 0 Å². The zero-order valence-corrected chi connectivity index (χ0v) is 11.5. The van der Waals surface area contributed by atoms with Gasteiger partial charge in [0, 0.05) is 24.2 Å². The van der Waals surface area contributed by atoms with Gasteiger partial charge in [-0.15, -0.1) is 0 Å². The Morgan fingerprint density at radius 2 is 2.17 bits per heavy atom. The number of nitrogens with zero attached hydrogens (tertiary/aromatic N) is 1. The Hall–Kier alpha value is -0.570. The molecule has 2 aliphatic rings. The van der Waals surface area contributed by atoms with Gasteiger partial charge in [0.2, 0.25) is 0 Å². The van der Waals surface area contributed by atoms with Crippen LogP contribution in [0.1, 0.15) is 24.0 Å². The van der Waals surface area contributed by atoms with Gasteiger partial charge in [0.25, 0.3) is 0 Å². The van der Waals surface area contributed by atoms with Crippen molar-refractivity contribution in [3.8, 4) is 0 Å². The van der Waals surface area contributed by atoms with Crippen LogP contribution < -0.4 is 5.32 Å². The van der Waals surface area contributed by atoms with E-state index in [1.807, 2.05) is 6.07 Å². The Bertz CT molecular complexity index is 411. The molecule has 1 saturated heterocycles. The fourth-order valence-electron chi connectivity index (χ4n) is 3.27. The maximum atomic E-state index is 6.35. The molecule has 0 saturated carbocycles. The maximum Gasteiger partial charge on any atom is 0.0441 e. The van der Waals surface area contributed by atoms with Crippen molar-refractivity contribution in [1.29, 1.82) is 0 Å². The van der Waals surface area contributed by atoms with Gasteiger partial charge in [0.15, 0.2) is 0 Å². The van der Waals surface area contributed by atoms with Crippen LogP contribution in [0.15, 0.2) is 18.2 Å². The molecule has 1 aliphatic heterocycles. The Morgan fingerprint density at radius 1 is 1.22 bits per heavy atom. The molecule has 1 fully saturated rings. The largest absolute Gasteiger partial charge is 0.315 e. The molecule has 0 spiro atoms. The summed E-state index contributed by atoms with van der Waals surface area (Å²) in [5, 5.41) is 4.44. The quantitative estimate of drug-likeness (QED) is 0.839. The second-order valence-electron chi connectivity index (χ2n) is 5.41. The van der Waals surface area contributed by atoms with Crippen molar-refractivity contribution in [2.24, 2.45) is 0 Å². The third-order valence-electron chi connectivity index (χ3n) is 4.29. The van der Waals surface area contributed by atoms with Crippen molar-refractivity contribution < 1.29 is 0 Å². The summed E-state index contributed by atoms with van der Waals surface area (Å²) in [5.41, 5.74) is 2.86. The molecular weight excluding hydrogens is 244 g/mol. The monoisotopic (exact) mass is 264 g/mol. The van der Waals surface area contributed by atoms with E-state index in [-0.39, 0.29) is 0 Å². The van der Waals surface area contributed by atoms with E-state index in [1.165, 1.54) is 50.0 Å². The predicted octanol–water partition coefficient (Wildman–Crippen LogP) is 2.49. The van der Waals surface area contributed by atoms with Gasteiger partial charge in [-0.1, -0.05) is 23.7 Å². The molecule has 1 aliphatic carbocycles. The minimum atomic E-state index is 0.692. The van der Waals surface area contributed by atoms with Crippen LogP contribution in [0.2, 0.25) is 5.02 Å². The number of halogens is 1. The average molecular weight is 265 g/mol. The van der Waals surface area contributed by atoms with Crippen LogP contribution in [0.5, 0.6) is 0 Å². The topological polar surface area (TPSA) is 15.3 Å². The summed E-state index contributed by atoms with van der Waals surface area (Å²) in [6.07, 6.45) is 4.87. The van der Waals surface area contributed by atoms with Gasteiger partial charge in [0.05, 0.1) is 0 Å². The molecule has 0 radical (unpaired) electrons. The van der Waals surface area contributed by atoms with Crippen LogP contribution >= 0.6 is 11.6 Å². The zero-order chi connectivity index (χ0) is 12.4. The number of aryl methyl sites for hydroxylation is 1. The van der Waals surface area contributed by atoms with Gasteiger partial charge in [-0.05, 0) is 56.0 Å². The molecule has 0 unspecified atom stereocenters. The summed E-state index contributed by atoms with van der Waals surface area (Å²) in [6.45, 7) is 4.72. The molecule has 1 heterocycles. The minimum absolute atomic E-state index is 0.692. The highest BCUT2D eigenvalue weighted by Crippen LogP contribution is 2.30. The second kappa shape index (κ2) is 5.60. The van der Waals surface area contributed by atoms with Gasteiger partial charge in [-0.3, -0.25) is 4.90 Å². The molecule has 1 atom stereocenters. The summed E-state index contributed by atoms with van der Waals surface area (Å²) < 4.78 is 0. The first-order chi connectivity index (χ1) is 8.84. The maximum absolute atomic E-state index is 6.35. The second-order valence-corrected chi connectivity index (χ2v) is 5.82. The van der Waals surface area contributed by atoms with Gasteiger partial charge < -0.3 is 5.32 Å². The van der Waals surface area contributed by atoms with Crippen molar-refractivity contribution in [2.75, 3.05) is 26.2 Å². The Labute approximate surface area is 114 Å². The molecule has 0 aromatic heterocycles. The molecule has 1 aromatic rings.